The summed E-state index contributed by atoms with van der Waals surface area (Å²) < 4.78 is 29.3. The summed E-state index contributed by atoms with van der Waals surface area (Å²) >= 11 is 1.18. The largest absolute Gasteiger partial charge is 0.320 e. The van der Waals surface area contributed by atoms with E-state index in [1.54, 1.807) is 0 Å². The third-order valence-electron chi connectivity index (χ3n) is 4.17. The van der Waals surface area contributed by atoms with Gasteiger partial charge in [-0.1, -0.05) is 36.0 Å². The number of carbonyl (C=O) groups is 1. The minimum absolute atomic E-state index is 0.0383. The molecule has 0 aliphatic heterocycles. The summed E-state index contributed by atoms with van der Waals surface area (Å²) in [6, 6.07) is 13.1. The summed E-state index contributed by atoms with van der Waals surface area (Å²) in [6.07, 6.45) is 2.14. The molecule has 0 radical (unpaired) electrons. The highest BCUT2D eigenvalue weighted by molar-refractivity contribution is 7.99. The standard InChI is InChI=1S/C19H16F2N4OS/c20-14-7-4-8-15(21)17(14)22-16(26)11-27-19-24-23-18(12-9-10-12)25(19)13-5-2-1-3-6-13/h1-8,12H,9-11H2,(H,22,26). The fourth-order valence-corrected chi connectivity index (χ4v) is 3.48. The summed E-state index contributed by atoms with van der Waals surface area (Å²) in [7, 11) is 0. The maximum Gasteiger partial charge on any atom is 0.235 e. The Labute approximate surface area is 158 Å². The number of nitrogens with one attached hydrogen (secondary N) is 1. The summed E-state index contributed by atoms with van der Waals surface area (Å²) in [5.41, 5.74) is 0.485. The lowest BCUT2D eigenvalue weighted by Crippen LogP contribution is -2.16. The van der Waals surface area contributed by atoms with Gasteiger partial charge in [0.15, 0.2) is 5.16 Å². The fraction of sp³-hybridized carbons (Fsp3) is 0.211. The van der Waals surface area contributed by atoms with Crippen LogP contribution in [0, 0.1) is 11.6 Å². The molecule has 1 aliphatic rings. The van der Waals surface area contributed by atoms with Crippen LogP contribution in [0.5, 0.6) is 0 Å². The smallest absolute Gasteiger partial charge is 0.235 e. The quantitative estimate of drug-likeness (QED) is 0.647. The molecule has 138 valence electrons. The van der Waals surface area contributed by atoms with Crippen molar-refractivity contribution in [2.24, 2.45) is 0 Å². The van der Waals surface area contributed by atoms with E-state index in [1.807, 2.05) is 34.9 Å². The van der Waals surface area contributed by atoms with Crippen molar-refractivity contribution in [2.75, 3.05) is 11.1 Å². The zero-order chi connectivity index (χ0) is 18.8. The van der Waals surface area contributed by atoms with Gasteiger partial charge in [0.1, 0.15) is 23.1 Å². The van der Waals surface area contributed by atoms with Gasteiger partial charge in [-0.25, -0.2) is 8.78 Å². The van der Waals surface area contributed by atoms with Crippen LogP contribution in [0.3, 0.4) is 0 Å². The molecule has 0 bridgehead atoms. The van der Waals surface area contributed by atoms with Crippen LogP contribution >= 0.6 is 11.8 Å². The molecule has 0 unspecified atom stereocenters. The van der Waals surface area contributed by atoms with E-state index in [4.69, 9.17) is 0 Å². The molecule has 2 aromatic carbocycles. The first kappa shape index (κ1) is 17.7. The van der Waals surface area contributed by atoms with E-state index < -0.39 is 23.2 Å². The molecule has 1 aromatic heterocycles. The molecule has 1 N–H and O–H groups in total. The van der Waals surface area contributed by atoms with E-state index in [1.165, 1.54) is 17.8 Å². The summed E-state index contributed by atoms with van der Waals surface area (Å²) in [5, 5.41) is 11.4. The van der Waals surface area contributed by atoms with Crippen molar-refractivity contribution in [3.8, 4) is 5.69 Å². The van der Waals surface area contributed by atoms with Crippen molar-refractivity contribution >= 4 is 23.4 Å². The van der Waals surface area contributed by atoms with Gasteiger partial charge < -0.3 is 5.32 Å². The molecule has 0 saturated heterocycles. The number of hydrogen-bond acceptors (Lipinski definition) is 4. The summed E-state index contributed by atoms with van der Waals surface area (Å²) in [5.74, 6) is -0.908. The molecular formula is C19H16F2N4OS. The highest BCUT2D eigenvalue weighted by atomic mass is 32.2. The number of benzene rings is 2. The van der Waals surface area contributed by atoms with Crippen LogP contribution < -0.4 is 5.32 Å². The van der Waals surface area contributed by atoms with Gasteiger partial charge in [-0.15, -0.1) is 10.2 Å². The van der Waals surface area contributed by atoms with E-state index in [0.29, 0.717) is 11.1 Å². The molecular weight excluding hydrogens is 370 g/mol. The number of para-hydroxylation sites is 2. The van der Waals surface area contributed by atoms with Crippen molar-refractivity contribution in [3.05, 3.63) is 66.0 Å². The first-order valence-electron chi connectivity index (χ1n) is 8.51. The van der Waals surface area contributed by atoms with Crippen molar-refractivity contribution in [3.63, 3.8) is 0 Å². The Morgan fingerprint density at radius 2 is 1.78 bits per heavy atom. The number of halogens is 2. The number of carbonyl (C=O) groups excluding carboxylic acids is 1. The molecule has 1 amide bonds. The van der Waals surface area contributed by atoms with Crippen LogP contribution in [0.25, 0.3) is 5.69 Å². The Bertz CT molecular complexity index is 953. The molecule has 5 nitrogen and oxygen atoms in total. The SMILES string of the molecule is O=C(CSc1nnc(C2CC2)n1-c1ccccc1)Nc1c(F)cccc1F. The van der Waals surface area contributed by atoms with Crippen molar-refractivity contribution in [2.45, 2.75) is 23.9 Å². The highest BCUT2D eigenvalue weighted by Crippen LogP contribution is 2.41. The predicted octanol–water partition coefficient (Wildman–Crippen LogP) is 4.15. The average Bonchev–Trinajstić information content (AvgIpc) is 3.43. The number of aromatic nitrogens is 3. The summed E-state index contributed by atoms with van der Waals surface area (Å²) in [4.78, 5) is 12.2. The number of thioether (sulfide) groups is 1. The number of anilines is 1. The molecule has 0 spiro atoms. The third kappa shape index (κ3) is 3.85. The van der Waals surface area contributed by atoms with Crippen molar-refractivity contribution in [1.29, 1.82) is 0 Å². The van der Waals surface area contributed by atoms with E-state index in [0.717, 1.165) is 36.5 Å². The van der Waals surface area contributed by atoms with Crippen LogP contribution in [0.15, 0.2) is 53.7 Å². The first-order valence-corrected chi connectivity index (χ1v) is 9.49. The Balaban J connectivity index is 1.51. The Hall–Kier alpha value is -2.74. The lowest BCUT2D eigenvalue weighted by Gasteiger charge is -2.10. The average molecular weight is 386 g/mol. The summed E-state index contributed by atoms with van der Waals surface area (Å²) in [6.45, 7) is 0. The molecule has 27 heavy (non-hydrogen) atoms. The Morgan fingerprint density at radius 1 is 1.07 bits per heavy atom. The van der Waals surface area contributed by atoms with Crippen molar-refractivity contribution < 1.29 is 13.6 Å². The van der Waals surface area contributed by atoms with Crippen LogP contribution in [-0.2, 0) is 4.79 Å². The molecule has 3 aromatic rings. The number of amides is 1. The molecule has 4 rings (SSSR count). The second-order valence-corrected chi connectivity index (χ2v) is 7.16. The lowest BCUT2D eigenvalue weighted by atomic mass is 10.3. The van der Waals surface area contributed by atoms with E-state index >= 15 is 0 Å². The van der Waals surface area contributed by atoms with E-state index in [9.17, 15) is 13.6 Å². The Morgan fingerprint density at radius 3 is 2.44 bits per heavy atom. The maximum atomic E-state index is 13.7. The number of nitrogens with zero attached hydrogens (tertiary/aromatic N) is 3. The third-order valence-corrected chi connectivity index (χ3v) is 5.10. The van der Waals surface area contributed by atoms with Crippen molar-refractivity contribution in [1.82, 2.24) is 14.8 Å². The van der Waals surface area contributed by atoms with Gasteiger partial charge >= 0.3 is 0 Å². The predicted molar refractivity (Wildman–Crippen MR) is 99.0 cm³/mol. The highest BCUT2D eigenvalue weighted by Gasteiger charge is 2.31. The normalized spacial score (nSPS) is 13.6. The minimum atomic E-state index is -0.808. The van der Waals surface area contributed by atoms with Gasteiger partial charge in [0, 0.05) is 11.6 Å². The van der Waals surface area contributed by atoms with Crippen LogP contribution in [0.4, 0.5) is 14.5 Å². The maximum absolute atomic E-state index is 13.7. The zero-order valence-electron chi connectivity index (χ0n) is 14.2. The zero-order valence-corrected chi connectivity index (χ0v) is 15.0. The first-order chi connectivity index (χ1) is 13.1. The van der Waals surface area contributed by atoms with Gasteiger partial charge in [0.2, 0.25) is 5.91 Å². The van der Waals surface area contributed by atoms with Gasteiger partial charge in [0.05, 0.1) is 5.75 Å². The molecule has 1 heterocycles. The van der Waals surface area contributed by atoms with Crippen LogP contribution in [-0.4, -0.2) is 26.4 Å². The van der Waals surface area contributed by atoms with Crippen LogP contribution in [0.2, 0.25) is 0 Å². The van der Waals surface area contributed by atoms with Gasteiger partial charge in [-0.05, 0) is 37.1 Å². The molecule has 8 heteroatoms. The molecule has 1 aliphatic carbocycles. The second kappa shape index (κ2) is 7.48. The number of hydrogen-bond donors (Lipinski definition) is 1. The fourth-order valence-electron chi connectivity index (χ4n) is 2.72. The second-order valence-electron chi connectivity index (χ2n) is 6.22. The topological polar surface area (TPSA) is 59.8 Å². The van der Waals surface area contributed by atoms with E-state index in [-0.39, 0.29) is 5.75 Å². The van der Waals surface area contributed by atoms with Gasteiger partial charge in [-0.2, -0.15) is 0 Å². The van der Waals surface area contributed by atoms with E-state index in [2.05, 4.69) is 15.5 Å². The molecule has 0 atom stereocenters. The minimum Gasteiger partial charge on any atom is -0.320 e. The lowest BCUT2D eigenvalue weighted by molar-refractivity contribution is -0.113. The number of rotatable bonds is 6. The van der Waals surface area contributed by atoms with Gasteiger partial charge in [0.25, 0.3) is 0 Å². The molecule has 1 saturated carbocycles. The van der Waals surface area contributed by atoms with Crippen LogP contribution in [0.1, 0.15) is 24.6 Å². The molecule has 1 fully saturated rings. The Kier molecular flexibility index (Phi) is 4.89. The van der Waals surface area contributed by atoms with Gasteiger partial charge in [-0.3, -0.25) is 9.36 Å². The monoisotopic (exact) mass is 386 g/mol.